The quantitative estimate of drug-likeness (QED) is 0.944. The van der Waals surface area contributed by atoms with Crippen molar-refractivity contribution in [3.05, 3.63) is 47.5 Å². The van der Waals surface area contributed by atoms with Crippen LogP contribution in [0, 0.1) is 6.92 Å². The minimum Gasteiger partial charge on any atom is -0.494 e. The second kappa shape index (κ2) is 6.13. The van der Waals surface area contributed by atoms with Crippen molar-refractivity contribution < 1.29 is 9.53 Å². The number of aromatic nitrogens is 2. The molecule has 0 aliphatic carbocycles. The van der Waals surface area contributed by atoms with E-state index in [2.05, 4.69) is 42.1 Å². The molecule has 0 aliphatic rings. The summed E-state index contributed by atoms with van der Waals surface area (Å²) in [5, 5.41) is 2.86. The number of rotatable bonds is 3. The summed E-state index contributed by atoms with van der Waals surface area (Å²) < 4.78 is 5.54. The molecule has 0 unspecified atom stereocenters. The predicted octanol–water partition coefficient (Wildman–Crippen LogP) is 3.34. The van der Waals surface area contributed by atoms with Crippen LogP contribution < -0.4 is 10.1 Å². The van der Waals surface area contributed by atoms with E-state index in [1.807, 2.05) is 13.0 Å². The minimum absolute atomic E-state index is 0.0939. The van der Waals surface area contributed by atoms with Crippen LogP contribution in [-0.4, -0.2) is 23.0 Å². The molecule has 0 bridgehead atoms. The summed E-state index contributed by atoms with van der Waals surface area (Å²) in [4.78, 5) is 20.2. The Hall–Kier alpha value is -2.43. The van der Waals surface area contributed by atoms with E-state index < -0.39 is 0 Å². The number of aryl methyl sites for hydroxylation is 1. The van der Waals surface area contributed by atoms with Crippen molar-refractivity contribution in [2.24, 2.45) is 0 Å². The Morgan fingerprint density at radius 3 is 2.50 bits per heavy atom. The van der Waals surface area contributed by atoms with Gasteiger partial charge in [0.25, 0.3) is 5.91 Å². The van der Waals surface area contributed by atoms with Crippen LogP contribution in [0.1, 0.15) is 42.4 Å². The number of nitrogens with one attached hydrogen (secondary N) is 1. The van der Waals surface area contributed by atoms with Crippen molar-refractivity contribution in [2.75, 3.05) is 12.4 Å². The van der Waals surface area contributed by atoms with Crippen molar-refractivity contribution in [1.82, 2.24) is 9.97 Å². The van der Waals surface area contributed by atoms with Gasteiger partial charge in [-0.2, -0.15) is 0 Å². The number of ether oxygens (including phenoxy) is 1. The molecule has 1 aromatic carbocycles. The number of hydrogen-bond acceptors (Lipinski definition) is 4. The molecule has 22 heavy (non-hydrogen) atoms. The third-order valence-electron chi connectivity index (χ3n) is 3.29. The van der Waals surface area contributed by atoms with Crippen LogP contribution in [0.5, 0.6) is 5.75 Å². The molecule has 0 fully saturated rings. The van der Waals surface area contributed by atoms with E-state index in [1.165, 1.54) is 18.6 Å². The van der Waals surface area contributed by atoms with Gasteiger partial charge in [-0.3, -0.25) is 9.78 Å². The van der Waals surface area contributed by atoms with Gasteiger partial charge in [-0.05, 0) is 24.0 Å². The Labute approximate surface area is 130 Å². The molecule has 1 amide bonds. The first-order chi connectivity index (χ1) is 10.3. The summed E-state index contributed by atoms with van der Waals surface area (Å²) in [6, 6.07) is 3.97. The molecule has 0 saturated carbocycles. The first-order valence-electron chi connectivity index (χ1n) is 7.09. The molecular weight excluding hydrogens is 278 g/mol. The van der Waals surface area contributed by atoms with Gasteiger partial charge in [-0.25, -0.2) is 4.98 Å². The van der Waals surface area contributed by atoms with E-state index in [0.717, 1.165) is 11.1 Å². The van der Waals surface area contributed by atoms with Gasteiger partial charge >= 0.3 is 0 Å². The predicted molar refractivity (Wildman–Crippen MR) is 86.4 cm³/mol. The molecule has 0 atom stereocenters. The molecular formula is C17H21N3O2. The van der Waals surface area contributed by atoms with Gasteiger partial charge in [0.15, 0.2) is 0 Å². The number of anilines is 1. The zero-order chi connectivity index (χ0) is 16.3. The molecule has 0 radical (unpaired) electrons. The number of amides is 1. The van der Waals surface area contributed by atoms with Crippen molar-refractivity contribution in [2.45, 2.75) is 33.1 Å². The molecule has 1 heterocycles. The Kier molecular flexibility index (Phi) is 4.45. The SMILES string of the molecule is COc1c(NC(=O)c2cnccn2)cc(C)cc1C(C)(C)C. The van der Waals surface area contributed by atoms with Gasteiger partial charge in [0.2, 0.25) is 0 Å². The first kappa shape index (κ1) is 15.9. The zero-order valence-corrected chi connectivity index (χ0v) is 13.6. The lowest BCUT2D eigenvalue weighted by Crippen LogP contribution is -2.18. The standard InChI is InChI=1S/C17H21N3O2/c1-11-8-12(17(2,3)4)15(22-5)13(9-11)20-16(21)14-10-18-6-7-19-14/h6-10H,1-5H3,(H,20,21). The van der Waals surface area contributed by atoms with Crippen molar-refractivity contribution in [3.8, 4) is 5.75 Å². The van der Waals surface area contributed by atoms with Crippen LogP contribution in [0.4, 0.5) is 5.69 Å². The van der Waals surface area contributed by atoms with Gasteiger partial charge < -0.3 is 10.1 Å². The van der Waals surface area contributed by atoms with E-state index in [1.54, 1.807) is 7.11 Å². The number of carbonyl (C=O) groups excluding carboxylic acids is 1. The van der Waals surface area contributed by atoms with Crippen LogP contribution >= 0.6 is 0 Å². The Morgan fingerprint density at radius 2 is 1.95 bits per heavy atom. The minimum atomic E-state index is -0.308. The fourth-order valence-electron chi connectivity index (χ4n) is 2.25. The molecule has 1 aromatic heterocycles. The van der Waals surface area contributed by atoms with Crippen LogP contribution in [-0.2, 0) is 5.41 Å². The summed E-state index contributed by atoms with van der Waals surface area (Å²) in [5.74, 6) is 0.368. The fraction of sp³-hybridized carbons (Fsp3) is 0.353. The van der Waals surface area contributed by atoms with Gasteiger partial charge in [-0.15, -0.1) is 0 Å². The van der Waals surface area contributed by atoms with E-state index in [4.69, 9.17) is 4.74 Å². The maximum atomic E-state index is 12.3. The Morgan fingerprint density at radius 1 is 1.23 bits per heavy atom. The highest BCUT2D eigenvalue weighted by molar-refractivity contribution is 6.03. The number of benzene rings is 1. The second-order valence-corrected chi connectivity index (χ2v) is 6.19. The van der Waals surface area contributed by atoms with Crippen LogP contribution in [0.25, 0.3) is 0 Å². The van der Waals surface area contributed by atoms with E-state index in [9.17, 15) is 4.79 Å². The largest absolute Gasteiger partial charge is 0.494 e. The number of nitrogens with zero attached hydrogens (tertiary/aromatic N) is 2. The Balaban J connectivity index is 2.43. The van der Waals surface area contributed by atoms with E-state index in [0.29, 0.717) is 11.4 Å². The molecule has 2 aromatic rings. The van der Waals surface area contributed by atoms with Crippen molar-refractivity contribution in [1.29, 1.82) is 0 Å². The highest BCUT2D eigenvalue weighted by Gasteiger charge is 2.23. The highest BCUT2D eigenvalue weighted by Crippen LogP contribution is 2.38. The summed E-state index contributed by atoms with van der Waals surface area (Å²) in [6.07, 6.45) is 4.45. The lowest BCUT2D eigenvalue weighted by Gasteiger charge is -2.24. The smallest absolute Gasteiger partial charge is 0.275 e. The van der Waals surface area contributed by atoms with Gasteiger partial charge in [0, 0.05) is 18.0 Å². The number of methoxy groups -OCH3 is 1. The summed E-state index contributed by atoms with van der Waals surface area (Å²) in [6.45, 7) is 8.32. The number of hydrogen-bond donors (Lipinski definition) is 1. The van der Waals surface area contributed by atoms with Gasteiger partial charge in [-0.1, -0.05) is 26.8 Å². The maximum absolute atomic E-state index is 12.3. The lowest BCUT2D eigenvalue weighted by molar-refractivity contribution is 0.102. The van der Waals surface area contributed by atoms with Gasteiger partial charge in [0.05, 0.1) is 19.0 Å². The molecule has 2 rings (SSSR count). The van der Waals surface area contributed by atoms with Crippen molar-refractivity contribution >= 4 is 11.6 Å². The monoisotopic (exact) mass is 299 g/mol. The molecule has 0 saturated heterocycles. The molecule has 0 aliphatic heterocycles. The maximum Gasteiger partial charge on any atom is 0.275 e. The van der Waals surface area contributed by atoms with Crippen LogP contribution in [0.2, 0.25) is 0 Å². The third-order valence-corrected chi connectivity index (χ3v) is 3.29. The highest BCUT2D eigenvalue weighted by atomic mass is 16.5. The third kappa shape index (κ3) is 3.42. The average molecular weight is 299 g/mol. The summed E-state index contributed by atoms with van der Waals surface area (Å²) in [7, 11) is 1.61. The van der Waals surface area contributed by atoms with E-state index in [-0.39, 0.29) is 17.0 Å². The number of carbonyl (C=O) groups is 1. The van der Waals surface area contributed by atoms with Crippen LogP contribution in [0.15, 0.2) is 30.7 Å². The molecule has 116 valence electrons. The molecule has 5 heteroatoms. The van der Waals surface area contributed by atoms with Crippen LogP contribution in [0.3, 0.4) is 0 Å². The summed E-state index contributed by atoms with van der Waals surface area (Å²) >= 11 is 0. The van der Waals surface area contributed by atoms with Crippen molar-refractivity contribution in [3.63, 3.8) is 0 Å². The average Bonchev–Trinajstić information content (AvgIpc) is 2.46. The first-order valence-corrected chi connectivity index (χ1v) is 7.09. The lowest BCUT2D eigenvalue weighted by atomic mass is 9.85. The second-order valence-electron chi connectivity index (χ2n) is 6.19. The summed E-state index contributed by atoms with van der Waals surface area (Å²) in [5.41, 5.74) is 2.92. The normalized spacial score (nSPS) is 11.1. The Bertz CT molecular complexity index is 676. The molecule has 5 nitrogen and oxygen atoms in total. The zero-order valence-electron chi connectivity index (χ0n) is 13.6. The molecule has 1 N–H and O–H groups in total. The van der Waals surface area contributed by atoms with E-state index >= 15 is 0 Å². The fourth-order valence-corrected chi connectivity index (χ4v) is 2.25. The van der Waals surface area contributed by atoms with Gasteiger partial charge in [0.1, 0.15) is 11.4 Å². The topological polar surface area (TPSA) is 64.1 Å². The molecule has 0 spiro atoms.